The van der Waals surface area contributed by atoms with E-state index in [1.165, 1.54) is 18.2 Å². The van der Waals surface area contributed by atoms with Crippen LogP contribution in [0.25, 0.3) is 0 Å². The van der Waals surface area contributed by atoms with Crippen LogP contribution in [0, 0.1) is 17.1 Å². The summed E-state index contributed by atoms with van der Waals surface area (Å²) < 4.78 is 18.0. The van der Waals surface area contributed by atoms with Crippen molar-refractivity contribution in [1.82, 2.24) is 0 Å². The Morgan fingerprint density at radius 3 is 2.93 bits per heavy atom. The molecule has 0 heterocycles. The number of benzene rings is 1. The number of halogens is 2. The molecular formula is C10H7ClFNO. The van der Waals surface area contributed by atoms with Gasteiger partial charge in [-0.05, 0) is 12.1 Å². The zero-order chi connectivity index (χ0) is 10.6. The first kappa shape index (κ1) is 10.6. The maximum absolute atomic E-state index is 13.0. The van der Waals surface area contributed by atoms with E-state index in [9.17, 15) is 4.39 Å². The molecule has 0 bridgehead atoms. The lowest BCUT2D eigenvalue weighted by atomic mass is 10.2. The van der Waals surface area contributed by atoms with Crippen LogP contribution in [0.15, 0.2) is 29.8 Å². The summed E-state index contributed by atoms with van der Waals surface area (Å²) in [6.07, 6.45) is 0. The van der Waals surface area contributed by atoms with Gasteiger partial charge < -0.3 is 4.74 Å². The zero-order valence-corrected chi connectivity index (χ0v) is 8.01. The Kier molecular flexibility index (Phi) is 3.49. The van der Waals surface area contributed by atoms with Crippen LogP contribution in [0.4, 0.5) is 4.39 Å². The van der Waals surface area contributed by atoms with Gasteiger partial charge in [0.25, 0.3) is 0 Å². The summed E-state index contributed by atoms with van der Waals surface area (Å²) in [7, 11) is 0. The summed E-state index contributed by atoms with van der Waals surface area (Å²) in [6.45, 7) is 3.42. The fourth-order valence-corrected chi connectivity index (χ4v) is 0.894. The number of hydrogen-bond acceptors (Lipinski definition) is 2. The van der Waals surface area contributed by atoms with Gasteiger partial charge in [0, 0.05) is 11.1 Å². The van der Waals surface area contributed by atoms with E-state index in [1.54, 1.807) is 0 Å². The van der Waals surface area contributed by atoms with Crippen LogP contribution in [0.5, 0.6) is 5.75 Å². The third-order valence-electron chi connectivity index (χ3n) is 1.44. The van der Waals surface area contributed by atoms with Crippen LogP contribution in [-0.2, 0) is 0 Å². The van der Waals surface area contributed by atoms with Crippen LogP contribution < -0.4 is 4.74 Å². The third-order valence-corrected chi connectivity index (χ3v) is 1.55. The molecule has 0 aliphatic rings. The smallest absolute Gasteiger partial charge is 0.165 e. The molecule has 1 rings (SSSR count). The Bertz CT molecular complexity index is 398. The monoisotopic (exact) mass is 211 g/mol. The van der Waals surface area contributed by atoms with Crippen molar-refractivity contribution >= 4 is 11.6 Å². The van der Waals surface area contributed by atoms with Gasteiger partial charge >= 0.3 is 0 Å². The summed E-state index contributed by atoms with van der Waals surface area (Å²) in [6, 6.07) is 5.74. The van der Waals surface area contributed by atoms with Gasteiger partial charge in [0.1, 0.15) is 6.61 Å². The van der Waals surface area contributed by atoms with Crippen LogP contribution in [0.3, 0.4) is 0 Å². The lowest BCUT2D eigenvalue weighted by molar-refractivity contribution is 0.338. The summed E-state index contributed by atoms with van der Waals surface area (Å²) in [5.74, 6) is -0.521. The molecule has 14 heavy (non-hydrogen) atoms. The molecule has 0 saturated carbocycles. The minimum absolute atomic E-state index is 0.00542. The quantitative estimate of drug-likeness (QED) is 0.770. The second-order valence-electron chi connectivity index (χ2n) is 2.56. The van der Waals surface area contributed by atoms with Crippen molar-refractivity contribution < 1.29 is 9.13 Å². The standard InChI is InChI=1S/C10H7ClFNO/c1-7(11)6-14-10-4-8(5-13)2-3-9(10)12/h2-4H,1,6H2. The number of nitrogens with zero attached hydrogens (tertiary/aromatic N) is 1. The van der Waals surface area contributed by atoms with Crippen molar-refractivity contribution in [2.24, 2.45) is 0 Å². The summed E-state index contributed by atoms with van der Waals surface area (Å²) >= 11 is 5.45. The van der Waals surface area contributed by atoms with Gasteiger partial charge in [-0.3, -0.25) is 0 Å². The Labute approximate surface area is 86.2 Å². The molecule has 0 unspecified atom stereocenters. The number of hydrogen-bond donors (Lipinski definition) is 0. The van der Waals surface area contributed by atoms with E-state index in [0.29, 0.717) is 5.56 Å². The van der Waals surface area contributed by atoms with Crippen LogP contribution in [0.2, 0.25) is 0 Å². The first-order valence-electron chi connectivity index (χ1n) is 3.79. The third kappa shape index (κ3) is 2.75. The Morgan fingerprint density at radius 1 is 1.64 bits per heavy atom. The normalized spacial score (nSPS) is 9.21. The Balaban J connectivity index is 2.85. The highest BCUT2D eigenvalue weighted by Gasteiger charge is 2.04. The van der Waals surface area contributed by atoms with Crippen LogP contribution in [0.1, 0.15) is 5.56 Å². The predicted molar refractivity (Wildman–Crippen MR) is 51.6 cm³/mol. The number of rotatable bonds is 3. The van der Waals surface area contributed by atoms with Crippen LogP contribution in [-0.4, -0.2) is 6.61 Å². The Hall–Kier alpha value is -1.53. The van der Waals surface area contributed by atoms with Crippen molar-refractivity contribution in [3.05, 3.63) is 41.2 Å². The van der Waals surface area contributed by atoms with Gasteiger partial charge in [-0.25, -0.2) is 4.39 Å². The first-order valence-corrected chi connectivity index (χ1v) is 4.17. The SMILES string of the molecule is C=C(Cl)COc1cc(C#N)ccc1F. The molecular weight excluding hydrogens is 205 g/mol. The molecule has 0 radical (unpaired) electrons. The minimum atomic E-state index is -0.526. The molecule has 0 aliphatic carbocycles. The van der Waals surface area contributed by atoms with E-state index < -0.39 is 5.82 Å². The molecule has 0 aromatic heterocycles. The largest absolute Gasteiger partial charge is 0.485 e. The fourth-order valence-electron chi connectivity index (χ4n) is 0.840. The molecule has 0 fully saturated rings. The van der Waals surface area contributed by atoms with Crippen molar-refractivity contribution in [2.45, 2.75) is 0 Å². The van der Waals surface area contributed by atoms with Gasteiger partial charge in [0.05, 0.1) is 11.6 Å². The molecule has 1 aromatic carbocycles. The molecule has 72 valence electrons. The van der Waals surface area contributed by atoms with Gasteiger partial charge in [0.2, 0.25) is 0 Å². The predicted octanol–water partition coefficient (Wildman–Crippen LogP) is 2.83. The van der Waals surface area contributed by atoms with Crippen molar-refractivity contribution in [2.75, 3.05) is 6.61 Å². The molecule has 4 heteroatoms. The van der Waals surface area contributed by atoms with Crippen molar-refractivity contribution in [1.29, 1.82) is 5.26 Å². The average Bonchev–Trinajstić information content (AvgIpc) is 2.16. The lowest BCUT2D eigenvalue weighted by Crippen LogP contribution is -1.98. The highest BCUT2D eigenvalue weighted by molar-refractivity contribution is 6.29. The number of ether oxygens (including phenoxy) is 1. The van der Waals surface area contributed by atoms with E-state index >= 15 is 0 Å². The molecule has 0 aliphatic heterocycles. The second kappa shape index (κ2) is 4.64. The molecule has 0 amide bonds. The fraction of sp³-hybridized carbons (Fsp3) is 0.100. The van der Waals surface area contributed by atoms with Crippen LogP contribution >= 0.6 is 11.6 Å². The zero-order valence-electron chi connectivity index (χ0n) is 7.26. The molecule has 1 aromatic rings. The van der Waals surface area contributed by atoms with Gasteiger partial charge in [-0.1, -0.05) is 18.2 Å². The maximum atomic E-state index is 13.0. The molecule has 0 spiro atoms. The highest BCUT2D eigenvalue weighted by atomic mass is 35.5. The summed E-state index contributed by atoms with van der Waals surface area (Å²) in [5.41, 5.74) is 0.335. The maximum Gasteiger partial charge on any atom is 0.165 e. The molecule has 2 nitrogen and oxygen atoms in total. The molecule has 0 atom stereocenters. The lowest BCUT2D eigenvalue weighted by Gasteiger charge is -2.05. The van der Waals surface area contributed by atoms with E-state index in [1.807, 2.05) is 6.07 Å². The summed E-state index contributed by atoms with van der Waals surface area (Å²) in [4.78, 5) is 0. The second-order valence-corrected chi connectivity index (χ2v) is 3.10. The van der Waals surface area contributed by atoms with Gasteiger partial charge in [0.15, 0.2) is 11.6 Å². The average molecular weight is 212 g/mol. The minimum Gasteiger partial charge on any atom is -0.485 e. The van der Waals surface area contributed by atoms with Gasteiger partial charge in [-0.2, -0.15) is 5.26 Å². The van der Waals surface area contributed by atoms with Crippen molar-refractivity contribution in [3.8, 4) is 11.8 Å². The van der Waals surface area contributed by atoms with E-state index in [2.05, 4.69) is 6.58 Å². The first-order chi connectivity index (χ1) is 6.63. The topological polar surface area (TPSA) is 33.0 Å². The Morgan fingerprint density at radius 2 is 2.36 bits per heavy atom. The highest BCUT2D eigenvalue weighted by Crippen LogP contribution is 2.19. The van der Waals surface area contributed by atoms with E-state index in [4.69, 9.17) is 21.6 Å². The summed E-state index contributed by atoms with van der Waals surface area (Å²) in [5, 5.41) is 8.83. The van der Waals surface area contributed by atoms with E-state index in [0.717, 1.165) is 0 Å². The van der Waals surface area contributed by atoms with Crippen molar-refractivity contribution in [3.63, 3.8) is 0 Å². The molecule has 0 saturated heterocycles. The number of nitriles is 1. The van der Waals surface area contributed by atoms with E-state index in [-0.39, 0.29) is 17.4 Å². The van der Waals surface area contributed by atoms with Gasteiger partial charge in [-0.15, -0.1) is 0 Å². The molecule has 0 N–H and O–H groups in total.